The normalized spacial score (nSPS) is 14.0. The van der Waals surface area contributed by atoms with E-state index >= 15 is 0 Å². The van der Waals surface area contributed by atoms with Crippen molar-refractivity contribution < 1.29 is 9.90 Å². The highest BCUT2D eigenvalue weighted by Crippen LogP contribution is 2.34. The largest absolute Gasteiger partial charge is 0.396 e. The predicted molar refractivity (Wildman–Crippen MR) is 97.4 cm³/mol. The molecule has 0 saturated heterocycles. The number of rotatable bonds is 6. The molecule has 1 aliphatic carbocycles. The number of carbonyl (C=O) groups excluding carboxylic acids is 1. The maximum absolute atomic E-state index is 12.3. The van der Waals surface area contributed by atoms with Gasteiger partial charge in [0, 0.05) is 23.8 Å². The van der Waals surface area contributed by atoms with Crippen molar-refractivity contribution in [3.63, 3.8) is 0 Å². The van der Waals surface area contributed by atoms with Gasteiger partial charge in [-0.05, 0) is 48.1 Å². The average Bonchev–Trinajstić information content (AvgIpc) is 2.95. The molecule has 0 bridgehead atoms. The van der Waals surface area contributed by atoms with E-state index in [9.17, 15) is 4.79 Å². The summed E-state index contributed by atoms with van der Waals surface area (Å²) >= 11 is 1.66. The molecule has 23 heavy (non-hydrogen) atoms. The lowest BCUT2D eigenvalue weighted by Gasteiger charge is -2.18. The molecule has 122 valence electrons. The monoisotopic (exact) mass is 330 g/mol. The third-order valence-corrected chi connectivity index (χ3v) is 5.04. The Kier molecular flexibility index (Phi) is 5.08. The van der Waals surface area contributed by atoms with E-state index in [1.54, 1.807) is 11.8 Å². The van der Waals surface area contributed by atoms with E-state index in [1.807, 2.05) is 12.3 Å². The SMILES string of the molecule is CSC[C@H](CCO)NC(=O)Nc1ccc2c3c(cccc13)CC2. The number of nitrogens with one attached hydrogen (secondary N) is 2. The van der Waals surface area contributed by atoms with Gasteiger partial charge >= 0.3 is 6.03 Å². The van der Waals surface area contributed by atoms with Gasteiger partial charge in [0.1, 0.15) is 0 Å². The molecule has 4 nitrogen and oxygen atoms in total. The first-order chi connectivity index (χ1) is 11.2. The summed E-state index contributed by atoms with van der Waals surface area (Å²) in [6.45, 7) is 0.0759. The van der Waals surface area contributed by atoms with E-state index in [0.717, 1.165) is 29.7 Å². The maximum Gasteiger partial charge on any atom is 0.319 e. The average molecular weight is 330 g/mol. The molecule has 3 N–H and O–H groups in total. The molecule has 0 aliphatic heterocycles. The Bertz CT molecular complexity index is 701. The molecular formula is C18H22N2O2S. The Balaban J connectivity index is 1.78. The van der Waals surface area contributed by atoms with Crippen LogP contribution in [0, 0.1) is 0 Å². The quantitative estimate of drug-likeness (QED) is 0.762. The van der Waals surface area contributed by atoms with E-state index in [0.29, 0.717) is 6.42 Å². The fourth-order valence-electron chi connectivity index (χ4n) is 3.25. The van der Waals surface area contributed by atoms with Crippen LogP contribution in [0.1, 0.15) is 17.5 Å². The van der Waals surface area contributed by atoms with Crippen LogP contribution in [-0.4, -0.2) is 35.8 Å². The van der Waals surface area contributed by atoms with Crippen LogP contribution in [0.5, 0.6) is 0 Å². The summed E-state index contributed by atoms with van der Waals surface area (Å²) in [7, 11) is 0. The van der Waals surface area contributed by atoms with Gasteiger partial charge in [-0.25, -0.2) is 4.79 Å². The standard InChI is InChI=1S/C18H22N2O2S/c1-23-11-14(9-10-21)19-18(22)20-16-8-7-13-6-5-12-3-2-4-15(16)17(12)13/h2-4,7-8,14,21H,5-6,9-11H2,1H3,(H2,19,20,22)/t14-/m0/s1. The summed E-state index contributed by atoms with van der Waals surface area (Å²) in [5, 5.41) is 17.4. The van der Waals surface area contributed by atoms with Crippen molar-refractivity contribution in [1.29, 1.82) is 0 Å². The van der Waals surface area contributed by atoms with Crippen molar-refractivity contribution >= 4 is 34.3 Å². The van der Waals surface area contributed by atoms with Crippen molar-refractivity contribution in [1.82, 2.24) is 5.32 Å². The van der Waals surface area contributed by atoms with Gasteiger partial charge in [0.25, 0.3) is 0 Å². The van der Waals surface area contributed by atoms with Crippen molar-refractivity contribution in [3.05, 3.63) is 41.5 Å². The zero-order valence-electron chi connectivity index (χ0n) is 13.3. The molecule has 0 unspecified atom stereocenters. The number of amides is 2. The molecular weight excluding hydrogens is 308 g/mol. The summed E-state index contributed by atoms with van der Waals surface area (Å²) < 4.78 is 0. The summed E-state index contributed by atoms with van der Waals surface area (Å²) in [5.74, 6) is 0.789. The number of thioether (sulfide) groups is 1. The molecule has 1 aliphatic rings. The second-order valence-electron chi connectivity index (χ2n) is 5.87. The van der Waals surface area contributed by atoms with Gasteiger partial charge in [-0.1, -0.05) is 24.3 Å². The number of aryl methyl sites for hydroxylation is 2. The minimum absolute atomic E-state index is 0.0215. The van der Waals surface area contributed by atoms with Crippen LogP contribution in [0.25, 0.3) is 10.8 Å². The van der Waals surface area contributed by atoms with Gasteiger partial charge in [0.15, 0.2) is 0 Å². The highest BCUT2D eigenvalue weighted by atomic mass is 32.2. The van der Waals surface area contributed by atoms with Crippen LogP contribution >= 0.6 is 11.8 Å². The Morgan fingerprint density at radius 3 is 2.78 bits per heavy atom. The zero-order chi connectivity index (χ0) is 16.2. The van der Waals surface area contributed by atoms with Crippen molar-refractivity contribution in [2.75, 3.05) is 23.9 Å². The summed E-state index contributed by atoms with van der Waals surface area (Å²) in [6.07, 6.45) is 4.72. The first kappa shape index (κ1) is 16.1. The lowest BCUT2D eigenvalue weighted by molar-refractivity contribution is 0.241. The van der Waals surface area contributed by atoms with Crippen LogP contribution in [-0.2, 0) is 12.8 Å². The molecule has 0 saturated carbocycles. The summed E-state index contributed by atoms with van der Waals surface area (Å²) in [5.41, 5.74) is 3.57. The van der Waals surface area contributed by atoms with E-state index < -0.39 is 0 Å². The highest BCUT2D eigenvalue weighted by Gasteiger charge is 2.17. The molecule has 3 rings (SSSR count). The second kappa shape index (κ2) is 7.23. The summed E-state index contributed by atoms with van der Waals surface area (Å²) in [4.78, 5) is 12.3. The van der Waals surface area contributed by atoms with Crippen LogP contribution < -0.4 is 10.6 Å². The van der Waals surface area contributed by atoms with Crippen LogP contribution in [0.15, 0.2) is 30.3 Å². The van der Waals surface area contributed by atoms with Gasteiger partial charge in [-0.15, -0.1) is 0 Å². The molecule has 0 heterocycles. The minimum Gasteiger partial charge on any atom is -0.396 e. The molecule has 2 aromatic rings. The molecule has 0 radical (unpaired) electrons. The van der Waals surface area contributed by atoms with E-state index in [1.165, 1.54) is 16.5 Å². The lowest BCUT2D eigenvalue weighted by Crippen LogP contribution is -2.40. The van der Waals surface area contributed by atoms with Crippen molar-refractivity contribution in [2.24, 2.45) is 0 Å². The van der Waals surface area contributed by atoms with E-state index in [2.05, 4.69) is 34.9 Å². The fraction of sp³-hybridized carbons (Fsp3) is 0.389. The van der Waals surface area contributed by atoms with Gasteiger partial charge in [-0.2, -0.15) is 11.8 Å². The Morgan fingerprint density at radius 1 is 1.26 bits per heavy atom. The Hall–Kier alpha value is -1.72. The molecule has 0 aromatic heterocycles. The summed E-state index contributed by atoms with van der Waals surface area (Å²) in [6, 6.07) is 10.2. The van der Waals surface area contributed by atoms with Gasteiger partial charge < -0.3 is 15.7 Å². The molecule has 0 spiro atoms. The van der Waals surface area contributed by atoms with Crippen molar-refractivity contribution in [3.8, 4) is 0 Å². The van der Waals surface area contributed by atoms with E-state index in [4.69, 9.17) is 5.11 Å². The Morgan fingerprint density at radius 2 is 2.04 bits per heavy atom. The van der Waals surface area contributed by atoms with Crippen molar-refractivity contribution in [2.45, 2.75) is 25.3 Å². The maximum atomic E-state index is 12.3. The number of aliphatic hydroxyl groups is 1. The van der Waals surface area contributed by atoms with Crippen LogP contribution in [0.4, 0.5) is 10.5 Å². The molecule has 1 atom stereocenters. The first-order valence-corrected chi connectivity index (χ1v) is 9.33. The fourth-order valence-corrected chi connectivity index (χ4v) is 3.91. The lowest BCUT2D eigenvalue weighted by atomic mass is 10.0. The molecule has 2 aromatic carbocycles. The number of carbonyl (C=O) groups is 1. The topological polar surface area (TPSA) is 61.4 Å². The number of anilines is 1. The van der Waals surface area contributed by atoms with E-state index in [-0.39, 0.29) is 18.7 Å². The molecule has 0 fully saturated rings. The highest BCUT2D eigenvalue weighted by molar-refractivity contribution is 7.98. The number of hydrogen-bond acceptors (Lipinski definition) is 3. The van der Waals surface area contributed by atoms with Gasteiger partial charge in [0.2, 0.25) is 0 Å². The van der Waals surface area contributed by atoms with Crippen LogP contribution in [0.2, 0.25) is 0 Å². The Labute approximate surface area is 140 Å². The molecule has 2 amide bonds. The molecule has 5 heteroatoms. The number of aliphatic hydroxyl groups excluding tert-OH is 1. The first-order valence-electron chi connectivity index (χ1n) is 7.93. The van der Waals surface area contributed by atoms with Gasteiger partial charge in [0.05, 0.1) is 5.69 Å². The third-order valence-electron chi connectivity index (χ3n) is 4.31. The predicted octanol–water partition coefficient (Wildman–Crippen LogP) is 3.17. The number of urea groups is 1. The van der Waals surface area contributed by atoms with Crippen LogP contribution in [0.3, 0.4) is 0 Å². The number of benzene rings is 2. The third kappa shape index (κ3) is 3.46. The minimum atomic E-state index is -0.212. The second-order valence-corrected chi connectivity index (χ2v) is 6.79. The zero-order valence-corrected chi connectivity index (χ0v) is 14.1. The smallest absolute Gasteiger partial charge is 0.319 e. The van der Waals surface area contributed by atoms with Gasteiger partial charge in [-0.3, -0.25) is 0 Å². The number of hydrogen-bond donors (Lipinski definition) is 3.